The second-order valence-electron chi connectivity index (χ2n) is 4.04. The molecular weight excluding hydrogens is 254 g/mol. The van der Waals surface area contributed by atoms with Gasteiger partial charge in [0.15, 0.2) is 0 Å². The lowest BCUT2D eigenvalue weighted by Gasteiger charge is -2.22. The fraction of sp³-hybridized carbons (Fsp3) is 0.833. The maximum absolute atomic E-state index is 12.0. The van der Waals surface area contributed by atoms with Crippen LogP contribution in [0.5, 0.6) is 0 Å². The molecule has 0 N–H and O–H groups in total. The number of esters is 1. The molecule has 5 nitrogen and oxygen atoms in total. The van der Waals surface area contributed by atoms with Crippen LogP contribution < -0.4 is 0 Å². The summed E-state index contributed by atoms with van der Waals surface area (Å²) < 4.78 is 9.91. The van der Waals surface area contributed by atoms with Gasteiger partial charge in [0, 0.05) is 19.4 Å². The normalized spacial score (nSPS) is 19.0. The Labute approximate surface area is 112 Å². The maximum Gasteiger partial charge on any atom is 0.328 e. The largest absolute Gasteiger partial charge is 0.464 e. The number of ether oxygens (including phenoxy) is 2. The molecule has 1 rings (SSSR count). The fourth-order valence-corrected chi connectivity index (χ4v) is 2.70. The molecule has 1 aliphatic rings. The van der Waals surface area contributed by atoms with Crippen LogP contribution in [0.25, 0.3) is 0 Å². The van der Waals surface area contributed by atoms with Crippen LogP contribution in [-0.2, 0) is 19.1 Å². The smallest absolute Gasteiger partial charge is 0.328 e. The van der Waals surface area contributed by atoms with E-state index in [0.29, 0.717) is 31.9 Å². The van der Waals surface area contributed by atoms with Crippen LogP contribution in [0.2, 0.25) is 0 Å². The second kappa shape index (κ2) is 8.37. The predicted octanol–water partition coefficient (Wildman–Crippen LogP) is 0.920. The molecule has 0 saturated carbocycles. The minimum atomic E-state index is -0.375. The summed E-state index contributed by atoms with van der Waals surface area (Å²) in [5.74, 6) is 0.941. The summed E-state index contributed by atoms with van der Waals surface area (Å²) in [6, 6.07) is -0.375. The van der Waals surface area contributed by atoms with Gasteiger partial charge >= 0.3 is 5.97 Å². The molecule has 1 fully saturated rings. The third-order valence-corrected chi connectivity index (χ3v) is 3.70. The zero-order chi connectivity index (χ0) is 13.4. The first-order chi connectivity index (χ1) is 8.70. The summed E-state index contributed by atoms with van der Waals surface area (Å²) in [6.45, 7) is 3.44. The number of methoxy groups -OCH3 is 1. The van der Waals surface area contributed by atoms with Crippen molar-refractivity contribution in [3.05, 3.63) is 0 Å². The van der Waals surface area contributed by atoms with E-state index in [1.54, 1.807) is 18.9 Å². The zero-order valence-corrected chi connectivity index (χ0v) is 11.8. The van der Waals surface area contributed by atoms with Crippen molar-refractivity contribution in [2.75, 3.05) is 38.4 Å². The Kier molecular flexibility index (Phi) is 7.12. The second-order valence-corrected chi connectivity index (χ2v) is 5.15. The molecule has 1 saturated heterocycles. The van der Waals surface area contributed by atoms with Gasteiger partial charge < -0.3 is 14.4 Å². The number of rotatable bonds is 7. The first-order valence-electron chi connectivity index (χ1n) is 6.23. The Morgan fingerprint density at radius 1 is 1.44 bits per heavy atom. The quantitative estimate of drug-likeness (QED) is 0.511. The van der Waals surface area contributed by atoms with Crippen molar-refractivity contribution in [2.45, 2.75) is 25.8 Å². The van der Waals surface area contributed by atoms with Gasteiger partial charge in [-0.15, -0.1) is 11.8 Å². The van der Waals surface area contributed by atoms with Crippen molar-refractivity contribution in [1.82, 2.24) is 4.90 Å². The molecular formula is C12H21NO4S. The van der Waals surface area contributed by atoms with E-state index in [9.17, 15) is 9.59 Å². The molecule has 0 aromatic carbocycles. The highest BCUT2D eigenvalue weighted by Gasteiger charge is 2.34. The molecule has 0 aliphatic carbocycles. The molecule has 18 heavy (non-hydrogen) atoms. The molecule has 1 atom stereocenters. The summed E-state index contributed by atoms with van der Waals surface area (Å²) in [7, 11) is 1.64. The third kappa shape index (κ3) is 4.49. The number of hydrogen-bond donors (Lipinski definition) is 0. The van der Waals surface area contributed by atoms with Gasteiger partial charge in [0.05, 0.1) is 19.0 Å². The van der Waals surface area contributed by atoms with Crippen LogP contribution in [0, 0.1) is 0 Å². The average Bonchev–Trinajstić information content (AvgIpc) is 2.84. The maximum atomic E-state index is 12.0. The lowest BCUT2D eigenvalue weighted by atomic mass is 10.2. The topological polar surface area (TPSA) is 55.8 Å². The highest BCUT2D eigenvalue weighted by Crippen LogP contribution is 2.19. The van der Waals surface area contributed by atoms with Gasteiger partial charge in [0.2, 0.25) is 5.91 Å². The van der Waals surface area contributed by atoms with Crippen LogP contribution in [0.1, 0.15) is 19.8 Å². The van der Waals surface area contributed by atoms with Crippen molar-refractivity contribution in [3.8, 4) is 0 Å². The van der Waals surface area contributed by atoms with Gasteiger partial charge in [0.25, 0.3) is 0 Å². The summed E-state index contributed by atoms with van der Waals surface area (Å²) in [6.07, 6.45) is 1.59. The van der Waals surface area contributed by atoms with Gasteiger partial charge in [-0.3, -0.25) is 4.79 Å². The van der Waals surface area contributed by atoms with Gasteiger partial charge in [-0.2, -0.15) is 0 Å². The fourth-order valence-electron chi connectivity index (χ4n) is 1.93. The van der Waals surface area contributed by atoms with E-state index in [4.69, 9.17) is 9.47 Å². The Hall–Kier alpha value is -0.750. The Morgan fingerprint density at radius 2 is 2.22 bits per heavy atom. The van der Waals surface area contributed by atoms with Gasteiger partial charge in [-0.1, -0.05) is 0 Å². The standard InChI is InChI=1S/C12H21NO4S/c1-3-17-12(15)10-5-4-6-13(10)11(14)9-18-8-7-16-2/h10H,3-9H2,1-2H3. The molecule has 0 aromatic rings. The van der Waals surface area contributed by atoms with Gasteiger partial charge in [0.1, 0.15) is 6.04 Å². The molecule has 1 amide bonds. The van der Waals surface area contributed by atoms with Crippen LogP contribution in [-0.4, -0.2) is 61.2 Å². The van der Waals surface area contributed by atoms with E-state index < -0.39 is 0 Å². The zero-order valence-electron chi connectivity index (χ0n) is 11.0. The average molecular weight is 275 g/mol. The molecule has 6 heteroatoms. The molecule has 1 aliphatic heterocycles. The lowest BCUT2D eigenvalue weighted by Crippen LogP contribution is -2.42. The number of thioether (sulfide) groups is 1. The number of amides is 1. The first kappa shape index (κ1) is 15.3. The number of hydrogen-bond acceptors (Lipinski definition) is 5. The minimum absolute atomic E-state index is 0.0201. The monoisotopic (exact) mass is 275 g/mol. The van der Waals surface area contributed by atoms with Crippen molar-refractivity contribution in [2.24, 2.45) is 0 Å². The molecule has 1 unspecified atom stereocenters. The van der Waals surface area contributed by atoms with Crippen LogP contribution >= 0.6 is 11.8 Å². The SMILES string of the molecule is CCOC(=O)C1CCCN1C(=O)CSCCOC. The van der Waals surface area contributed by atoms with Crippen molar-refractivity contribution >= 4 is 23.6 Å². The van der Waals surface area contributed by atoms with Crippen molar-refractivity contribution in [3.63, 3.8) is 0 Å². The van der Waals surface area contributed by atoms with Crippen molar-refractivity contribution < 1.29 is 19.1 Å². The van der Waals surface area contributed by atoms with E-state index >= 15 is 0 Å². The predicted molar refractivity (Wildman–Crippen MR) is 70.6 cm³/mol. The van der Waals surface area contributed by atoms with E-state index in [-0.39, 0.29) is 17.9 Å². The Morgan fingerprint density at radius 3 is 2.89 bits per heavy atom. The molecule has 0 bridgehead atoms. The number of carbonyl (C=O) groups is 2. The Bertz CT molecular complexity index is 285. The van der Waals surface area contributed by atoms with E-state index in [1.165, 1.54) is 11.8 Å². The van der Waals surface area contributed by atoms with E-state index in [0.717, 1.165) is 12.2 Å². The molecule has 0 aromatic heterocycles. The van der Waals surface area contributed by atoms with Crippen molar-refractivity contribution in [1.29, 1.82) is 0 Å². The minimum Gasteiger partial charge on any atom is -0.464 e. The number of nitrogens with zero attached hydrogens (tertiary/aromatic N) is 1. The molecule has 1 heterocycles. The van der Waals surface area contributed by atoms with E-state index in [1.807, 2.05) is 0 Å². The van der Waals surface area contributed by atoms with Crippen LogP contribution in [0.4, 0.5) is 0 Å². The molecule has 104 valence electrons. The summed E-state index contributed by atoms with van der Waals surface area (Å²) in [5, 5.41) is 0. The number of carbonyl (C=O) groups excluding carboxylic acids is 2. The van der Waals surface area contributed by atoms with Crippen LogP contribution in [0.3, 0.4) is 0 Å². The highest BCUT2D eigenvalue weighted by molar-refractivity contribution is 7.99. The van der Waals surface area contributed by atoms with Crippen LogP contribution in [0.15, 0.2) is 0 Å². The van der Waals surface area contributed by atoms with E-state index in [2.05, 4.69) is 0 Å². The molecule has 0 radical (unpaired) electrons. The third-order valence-electron chi connectivity index (χ3n) is 2.79. The first-order valence-corrected chi connectivity index (χ1v) is 7.39. The Balaban J connectivity index is 2.38. The lowest BCUT2D eigenvalue weighted by molar-refractivity contribution is -0.152. The summed E-state index contributed by atoms with van der Waals surface area (Å²) in [4.78, 5) is 25.3. The summed E-state index contributed by atoms with van der Waals surface area (Å²) in [5.41, 5.74) is 0. The van der Waals surface area contributed by atoms with Gasteiger partial charge in [-0.25, -0.2) is 4.79 Å². The highest BCUT2D eigenvalue weighted by atomic mass is 32.2. The molecule has 0 spiro atoms. The number of likely N-dealkylation sites (tertiary alicyclic amines) is 1. The summed E-state index contributed by atoms with van der Waals surface area (Å²) >= 11 is 1.53. The van der Waals surface area contributed by atoms with Gasteiger partial charge in [-0.05, 0) is 19.8 Å².